The van der Waals surface area contributed by atoms with Crippen LogP contribution in [0.25, 0.3) is 16.9 Å². The molecule has 2 aromatic carbocycles. The second-order valence-electron chi connectivity index (χ2n) is 16.9. The van der Waals surface area contributed by atoms with E-state index in [-0.39, 0.29) is 16.5 Å². The van der Waals surface area contributed by atoms with Gasteiger partial charge in [0, 0.05) is 22.3 Å². The monoisotopic (exact) mass is 839 g/mol. The van der Waals surface area contributed by atoms with Crippen LogP contribution in [0.4, 0.5) is 0 Å². The maximum Gasteiger partial charge on any atom is 2.00 e. The van der Waals surface area contributed by atoms with E-state index in [9.17, 15) is 5.53 Å². The van der Waals surface area contributed by atoms with Crippen molar-refractivity contribution >= 4 is 11.4 Å². The van der Waals surface area contributed by atoms with Gasteiger partial charge in [-0.3, -0.25) is 0 Å². The molecule has 58 heavy (non-hydrogen) atoms. The first-order chi connectivity index (χ1) is 27.9. The van der Waals surface area contributed by atoms with Crippen molar-refractivity contribution in [3.63, 3.8) is 0 Å². The molecule has 1 heterocycles. The number of aryl methyl sites for hydroxylation is 2. The van der Waals surface area contributed by atoms with Gasteiger partial charge in [0.15, 0.2) is 0 Å². The Morgan fingerprint density at radius 1 is 0.431 bits per heavy atom. The second kappa shape index (κ2) is 39.2. The van der Waals surface area contributed by atoms with Crippen molar-refractivity contribution in [2.75, 3.05) is 0 Å². The van der Waals surface area contributed by atoms with E-state index in [1.807, 2.05) is 0 Å². The van der Waals surface area contributed by atoms with Gasteiger partial charge < -0.3 is 19.4 Å². The fraction of sp³-hybridized carbons (Fsp3) is 0.673. The third-order valence-electron chi connectivity index (χ3n) is 11.4. The summed E-state index contributed by atoms with van der Waals surface area (Å²) in [6.07, 6.45) is 40.3. The summed E-state index contributed by atoms with van der Waals surface area (Å²) >= 11 is 0. The standard InChI is InChI=1S/C45H70N2.2C5H11.Ni/c1-5-8-11-12-13-14-15-16-17-18-19-20-21-22-23-24-25-26-35-43-42(34-10-7-3)45(41-33-28-31-39(37-41)30-9-6-2)47(46)44(43)40-32-27-29-38(4)36-40;2*1-3-5-4-2;/h27-29,31-33,36-37H,5-26,30,34-35H2,1-4H3;2*1,3-5H2,2H3;/q;2*-1;+2. The van der Waals surface area contributed by atoms with Crippen LogP contribution >= 0.6 is 0 Å². The van der Waals surface area contributed by atoms with Gasteiger partial charge in [0.1, 0.15) is 0 Å². The molecule has 0 N–H and O–H groups in total. The molecule has 0 amide bonds. The van der Waals surface area contributed by atoms with E-state index >= 15 is 0 Å². The number of unbranched alkanes of at least 4 members (excludes halogenated alkanes) is 23. The van der Waals surface area contributed by atoms with Crippen LogP contribution in [0.2, 0.25) is 0 Å². The number of rotatable bonds is 31. The molecule has 2 nitrogen and oxygen atoms in total. The van der Waals surface area contributed by atoms with Gasteiger partial charge in [0.25, 0.3) is 0 Å². The summed E-state index contributed by atoms with van der Waals surface area (Å²) in [7, 11) is 0. The topological polar surface area (TPSA) is 25.3 Å². The molecule has 0 aromatic heterocycles. The Labute approximate surface area is 372 Å². The SMILES string of the molecule is CCCCCCCCCCCCCCCCCCCCC1=C(c2cccc(C)c2)[N+](=[N-])C(c2cccc(CCCC)c2)=C1CCCC.[CH2-]CCCC.[CH2-]CCCC.[Ni+2]. The molecular weight excluding hydrogens is 747 g/mol. The Morgan fingerprint density at radius 3 is 1.19 bits per heavy atom. The van der Waals surface area contributed by atoms with Crippen LogP contribution in [-0.4, -0.2) is 4.70 Å². The van der Waals surface area contributed by atoms with Crippen molar-refractivity contribution in [3.05, 3.63) is 101 Å². The molecule has 0 saturated carbocycles. The third-order valence-corrected chi connectivity index (χ3v) is 11.4. The van der Waals surface area contributed by atoms with Crippen LogP contribution in [0.15, 0.2) is 59.7 Å². The summed E-state index contributed by atoms with van der Waals surface area (Å²) in [4.78, 5) is 0. The van der Waals surface area contributed by atoms with Gasteiger partial charge in [-0.1, -0.05) is 212 Å². The molecular formula is C55H92N2Ni. The van der Waals surface area contributed by atoms with Crippen LogP contribution in [0.3, 0.4) is 0 Å². The normalized spacial score (nSPS) is 12.3. The molecule has 0 spiro atoms. The van der Waals surface area contributed by atoms with Gasteiger partial charge in [-0.05, 0) is 75.3 Å². The molecule has 3 rings (SSSR count). The molecule has 3 heteroatoms. The molecule has 1 aliphatic heterocycles. The summed E-state index contributed by atoms with van der Waals surface area (Å²) in [5, 5.41) is 0. The number of benzene rings is 2. The Balaban J connectivity index is 0.00000263. The van der Waals surface area contributed by atoms with Gasteiger partial charge in [-0.15, -0.1) is 0 Å². The summed E-state index contributed by atoms with van der Waals surface area (Å²) in [6, 6.07) is 17.7. The minimum absolute atomic E-state index is 0. The quantitative estimate of drug-likeness (QED) is 0.0313. The summed E-state index contributed by atoms with van der Waals surface area (Å²) in [5.74, 6) is 0. The molecule has 0 aliphatic carbocycles. The average Bonchev–Trinajstić information content (AvgIpc) is 3.50. The van der Waals surface area contributed by atoms with Crippen molar-refractivity contribution < 1.29 is 21.2 Å². The zero-order valence-corrected chi connectivity index (χ0v) is 40.2. The first-order valence-electron chi connectivity index (χ1n) is 24.6. The smallest absolute Gasteiger partial charge is 0.493 e. The Kier molecular flexibility index (Phi) is 37.8. The Morgan fingerprint density at radius 2 is 0.793 bits per heavy atom. The van der Waals surface area contributed by atoms with Gasteiger partial charge in [-0.25, -0.2) is 4.70 Å². The Bertz CT molecular complexity index is 1330. The summed E-state index contributed by atoms with van der Waals surface area (Å²) in [6.45, 7) is 20.7. The van der Waals surface area contributed by atoms with E-state index in [1.54, 1.807) is 4.70 Å². The van der Waals surface area contributed by atoms with Crippen molar-refractivity contribution in [3.8, 4) is 0 Å². The molecule has 0 fully saturated rings. The van der Waals surface area contributed by atoms with Crippen LogP contribution in [0.1, 0.15) is 249 Å². The first-order valence-corrected chi connectivity index (χ1v) is 24.6. The minimum Gasteiger partial charge on any atom is -0.493 e. The first kappa shape index (κ1) is 56.0. The summed E-state index contributed by atoms with van der Waals surface area (Å²) in [5.41, 5.74) is 21.6. The predicted molar refractivity (Wildman–Crippen MR) is 256 cm³/mol. The van der Waals surface area contributed by atoms with Gasteiger partial charge in [0.05, 0.1) is 0 Å². The molecule has 0 atom stereocenters. The second-order valence-corrected chi connectivity index (χ2v) is 16.9. The molecule has 2 aromatic rings. The zero-order chi connectivity index (χ0) is 41.8. The Hall–Kier alpha value is -1.99. The fourth-order valence-electron chi connectivity index (χ4n) is 7.89. The summed E-state index contributed by atoms with van der Waals surface area (Å²) < 4.78 is 1.56. The minimum atomic E-state index is 0. The van der Waals surface area contributed by atoms with Crippen molar-refractivity contribution in [1.29, 1.82) is 0 Å². The number of hydrogen-bond donors (Lipinski definition) is 0. The van der Waals surface area contributed by atoms with Crippen molar-refractivity contribution in [1.82, 2.24) is 0 Å². The maximum absolute atomic E-state index is 11.9. The van der Waals surface area contributed by atoms with E-state index in [1.165, 1.54) is 176 Å². The third kappa shape index (κ3) is 24.9. The number of allylic oxidation sites excluding steroid dienone is 2. The van der Waals surface area contributed by atoms with Gasteiger partial charge in [-0.2, -0.15) is 12.8 Å². The van der Waals surface area contributed by atoms with E-state index in [2.05, 4.69) is 104 Å². The van der Waals surface area contributed by atoms with E-state index in [4.69, 9.17) is 0 Å². The molecule has 1 aliphatic rings. The molecule has 0 radical (unpaired) electrons. The molecule has 0 unspecified atom stereocenters. The van der Waals surface area contributed by atoms with E-state index in [0.717, 1.165) is 67.5 Å². The van der Waals surface area contributed by atoms with Crippen LogP contribution in [-0.2, 0) is 22.9 Å². The zero-order valence-electron chi connectivity index (χ0n) is 39.2. The van der Waals surface area contributed by atoms with Crippen LogP contribution in [0, 0.1) is 20.8 Å². The molecule has 0 saturated heterocycles. The number of nitrogens with zero attached hydrogens (tertiary/aromatic N) is 2. The molecule has 332 valence electrons. The van der Waals surface area contributed by atoms with Crippen molar-refractivity contribution in [2.45, 2.75) is 241 Å². The van der Waals surface area contributed by atoms with Crippen LogP contribution in [0.5, 0.6) is 0 Å². The molecule has 0 bridgehead atoms. The van der Waals surface area contributed by atoms with Gasteiger partial charge in [0.2, 0.25) is 11.4 Å². The largest absolute Gasteiger partial charge is 2.00 e. The van der Waals surface area contributed by atoms with Crippen LogP contribution < -0.4 is 0 Å². The predicted octanol–water partition coefficient (Wildman–Crippen LogP) is 19.1. The maximum atomic E-state index is 11.9. The van der Waals surface area contributed by atoms with E-state index < -0.39 is 0 Å². The van der Waals surface area contributed by atoms with Gasteiger partial charge >= 0.3 is 16.5 Å². The fourth-order valence-corrected chi connectivity index (χ4v) is 7.89. The van der Waals surface area contributed by atoms with Crippen molar-refractivity contribution in [2.24, 2.45) is 0 Å². The van der Waals surface area contributed by atoms with E-state index in [0.29, 0.717) is 0 Å². The number of hydrogen-bond acceptors (Lipinski definition) is 0. The average molecular weight is 840 g/mol.